The van der Waals surface area contributed by atoms with Crippen LogP contribution in [0, 0.1) is 17.0 Å². The topological polar surface area (TPSA) is 131 Å². The average Bonchev–Trinajstić information content (AvgIpc) is 3.03. The van der Waals surface area contributed by atoms with Gasteiger partial charge >= 0.3 is 0 Å². The molecular weight excluding hydrogens is 500 g/mol. The third-order valence-corrected chi connectivity index (χ3v) is 6.74. The van der Waals surface area contributed by atoms with Crippen molar-refractivity contribution in [1.29, 1.82) is 5.41 Å². The third-order valence-electron chi connectivity index (χ3n) is 5.17. The number of hydrogen-bond acceptors (Lipinski definition) is 6. The van der Waals surface area contributed by atoms with E-state index in [0.717, 1.165) is 23.8 Å². The van der Waals surface area contributed by atoms with Crippen LogP contribution in [0.25, 0.3) is 5.57 Å². The van der Waals surface area contributed by atoms with Crippen molar-refractivity contribution in [2.75, 3.05) is 11.8 Å². The van der Waals surface area contributed by atoms with Crippen LogP contribution in [0.3, 0.4) is 0 Å². The Morgan fingerprint density at radius 1 is 1.26 bits per heavy atom. The number of hydrogen-bond donors (Lipinski definition) is 3. The largest absolute Gasteiger partial charge is 0.480 e. The lowest BCUT2D eigenvalue weighted by Gasteiger charge is -2.14. The van der Waals surface area contributed by atoms with E-state index < -0.39 is 37.8 Å². The Bertz CT molecular complexity index is 1510. The first-order chi connectivity index (χ1) is 16.6. The zero-order chi connectivity index (χ0) is 25.3. The summed E-state index contributed by atoms with van der Waals surface area (Å²) >= 11 is 5.87. The van der Waals surface area contributed by atoms with Gasteiger partial charge in [0.2, 0.25) is 5.88 Å². The van der Waals surface area contributed by atoms with E-state index in [1.54, 1.807) is 18.4 Å². The number of ether oxygens (including phenoxy) is 1. The Kier molecular flexibility index (Phi) is 6.55. The second-order valence-corrected chi connectivity index (χ2v) is 9.48. The number of benzene rings is 1. The monoisotopic (exact) mass is 517 g/mol. The number of amidine groups is 1. The molecule has 4 N–H and O–H groups in total. The molecule has 0 bridgehead atoms. The second-order valence-electron chi connectivity index (χ2n) is 7.39. The maximum atomic E-state index is 15.5. The van der Waals surface area contributed by atoms with Gasteiger partial charge in [-0.25, -0.2) is 22.2 Å². The number of aliphatic imine (C=N–C) groups is 1. The number of aromatic nitrogens is 1. The van der Waals surface area contributed by atoms with Crippen LogP contribution in [0.4, 0.5) is 14.5 Å². The molecule has 1 aliphatic carbocycles. The first-order valence-electron chi connectivity index (χ1n) is 10.0. The van der Waals surface area contributed by atoms with Gasteiger partial charge < -0.3 is 10.5 Å². The Morgan fingerprint density at radius 3 is 2.74 bits per heavy atom. The molecule has 1 aromatic carbocycles. The zero-order valence-electron chi connectivity index (χ0n) is 18.1. The number of halogens is 3. The Morgan fingerprint density at radius 2 is 2.03 bits per heavy atom. The van der Waals surface area contributed by atoms with E-state index >= 15 is 4.39 Å². The number of allylic oxidation sites excluding steroid dienone is 7. The molecular formula is C23H18ClF2N5O3S. The SMILES string of the molecule is COc1ncc(Cl)cc1S(=O)(=O)Nc1ccc(F)c(C2=CC=C3CC=NC(C(=N)N)=C3C=C2)c1F. The highest BCUT2D eigenvalue weighted by molar-refractivity contribution is 7.92. The fraction of sp³-hybridized carbons (Fsp3) is 0.0870. The number of rotatable bonds is 6. The standard InChI is InChI=1S/C23H18ClF2N5O3S/c1-34-23-18(10-14(24)11-30-23)35(32,33)31-17-7-6-16(25)19(20(17)26)13-3-2-12-8-9-29-21(22(27)28)15(12)5-4-13/h2-7,9-11,31H,8H2,1H3,(H3,27,28). The third kappa shape index (κ3) is 4.73. The first kappa shape index (κ1) is 24.3. The summed E-state index contributed by atoms with van der Waals surface area (Å²) in [5.74, 6) is -2.51. The summed E-state index contributed by atoms with van der Waals surface area (Å²) in [4.78, 5) is 7.52. The molecule has 1 aliphatic heterocycles. The van der Waals surface area contributed by atoms with Crippen LogP contribution < -0.4 is 15.2 Å². The van der Waals surface area contributed by atoms with Gasteiger partial charge in [-0.1, -0.05) is 35.9 Å². The molecule has 4 rings (SSSR count). The summed E-state index contributed by atoms with van der Waals surface area (Å²) in [6.07, 6.45) is 9.40. The van der Waals surface area contributed by atoms with E-state index in [9.17, 15) is 12.8 Å². The second kappa shape index (κ2) is 9.43. The Balaban J connectivity index is 1.76. The van der Waals surface area contributed by atoms with Crippen molar-refractivity contribution in [3.8, 4) is 5.88 Å². The average molecular weight is 518 g/mol. The summed E-state index contributed by atoms with van der Waals surface area (Å²) in [6, 6.07) is 3.03. The van der Waals surface area contributed by atoms with E-state index in [2.05, 4.69) is 14.7 Å². The molecule has 1 aromatic heterocycles. The summed E-state index contributed by atoms with van der Waals surface area (Å²) in [6.45, 7) is 0. The van der Waals surface area contributed by atoms with Crippen molar-refractivity contribution in [3.05, 3.63) is 87.8 Å². The van der Waals surface area contributed by atoms with Gasteiger partial charge in [0, 0.05) is 24.4 Å². The minimum absolute atomic E-state index is 0.0258. The van der Waals surface area contributed by atoms with Gasteiger partial charge in [-0.3, -0.25) is 15.1 Å². The van der Waals surface area contributed by atoms with Crippen molar-refractivity contribution >= 4 is 44.9 Å². The minimum Gasteiger partial charge on any atom is -0.480 e. The summed E-state index contributed by atoms with van der Waals surface area (Å²) in [7, 11) is -3.17. The van der Waals surface area contributed by atoms with E-state index in [1.165, 1.54) is 25.5 Å². The van der Waals surface area contributed by atoms with Crippen LogP contribution in [0.15, 0.2) is 75.4 Å². The van der Waals surface area contributed by atoms with Crippen LogP contribution in [0.2, 0.25) is 5.02 Å². The summed E-state index contributed by atoms with van der Waals surface area (Å²) in [5.41, 5.74) is 6.38. The van der Waals surface area contributed by atoms with E-state index in [1.807, 2.05) is 0 Å². The molecule has 0 unspecified atom stereocenters. The molecule has 12 heteroatoms. The predicted octanol–water partition coefficient (Wildman–Crippen LogP) is 4.37. The highest BCUT2D eigenvalue weighted by Gasteiger charge is 2.25. The summed E-state index contributed by atoms with van der Waals surface area (Å²) < 4.78 is 63.3. The number of fused-ring (bicyclic) bond motifs is 1. The van der Waals surface area contributed by atoms with Crippen LogP contribution in [-0.4, -0.2) is 32.6 Å². The lowest BCUT2D eigenvalue weighted by molar-refractivity contribution is 0.385. The van der Waals surface area contributed by atoms with Gasteiger partial charge in [-0.15, -0.1) is 0 Å². The number of nitrogens with two attached hydrogens (primary N) is 1. The highest BCUT2D eigenvalue weighted by Crippen LogP contribution is 2.34. The highest BCUT2D eigenvalue weighted by atomic mass is 35.5. The molecule has 8 nitrogen and oxygen atoms in total. The van der Waals surface area contributed by atoms with Gasteiger partial charge in [0.1, 0.15) is 17.3 Å². The number of anilines is 1. The van der Waals surface area contributed by atoms with Crippen molar-refractivity contribution in [2.24, 2.45) is 10.7 Å². The van der Waals surface area contributed by atoms with Gasteiger partial charge in [-0.05, 0) is 29.3 Å². The number of nitrogens with one attached hydrogen (secondary N) is 2. The molecule has 35 heavy (non-hydrogen) atoms. The quantitative estimate of drug-likeness (QED) is 0.387. The van der Waals surface area contributed by atoms with Crippen LogP contribution in [-0.2, 0) is 10.0 Å². The maximum Gasteiger partial charge on any atom is 0.267 e. The minimum atomic E-state index is -4.40. The number of methoxy groups -OCH3 is 1. The molecule has 0 atom stereocenters. The van der Waals surface area contributed by atoms with E-state index in [-0.39, 0.29) is 28.0 Å². The van der Waals surface area contributed by atoms with Crippen LogP contribution in [0.1, 0.15) is 12.0 Å². The summed E-state index contributed by atoms with van der Waals surface area (Å²) in [5, 5.41) is 7.74. The molecule has 2 aliphatic rings. The molecule has 2 aromatic rings. The smallest absolute Gasteiger partial charge is 0.267 e. The molecule has 0 fully saturated rings. The van der Waals surface area contributed by atoms with Crippen molar-refractivity contribution in [3.63, 3.8) is 0 Å². The van der Waals surface area contributed by atoms with Crippen LogP contribution in [0.5, 0.6) is 5.88 Å². The van der Waals surface area contributed by atoms with E-state index in [0.29, 0.717) is 12.0 Å². The zero-order valence-corrected chi connectivity index (χ0v) is 19.7. The fourth-order valence-electron chi connectivity index (χ4n) is 3.56. The molecule has 0 radical (unpaired) electrons. The molecule has 0 saturated carbocycles. The lowest BCUT2D eigenvalue weighted by Crippen LogP contribution is -2.16. The number of pyridine rings is 1. The van der Waals surface area contributed by atoms with Crippen molar-refractivity contribution in [1.82, 2.24) is 4.98 Å². The maximum absolute atomic E-state index is 15.5. The van der Waals surface area contributed by atoms with Gasteiger partial charge in [-0.2, -0.15) is 0 Å². The van der Waals surface area contributed by atoms with Crippen molar-refractivity contribution < 1.29 is 21.9 Å². The Hall–Kier alpha value is -3.83. The van der Waals surface area contributed by atoms with Gasteiger partial charge in [0.15, 0.2) is 10.7 Å². The molecule has 2 heterocycles. The van der Waals surface area contributed by atoms with Gasteiger partial charge in [0.25, 0.3) is 10.0 Å². The number of sulfonamides is 1. The normalized spacial score (nSPS) is 15.2. The molecule has 0 amide bonds. The first-order valence-corrected chi connectivity index (χ1v) is 11.9. The van der Waals surface area contributed by atoms with Crippen molar-refractivity contribution in [2.45, 2.75) is 11.3 Å². The van der Waals surface area contributed by atoms with E-state index in [4.69, 9.17) is 27.5 Å². The number of nitrogens with zero attached hydrogens (tertiary/aromatic N) is 2. The van der Waals surface area contributed by atoms with Crippen LogP contribution >= 0.6 is 11.6 Å². The molecule has 0 saturated heterocycles. The Labute approximate surface area is 204 Å². The predicted molar refractivity (Wildman–Crippen MR) is 130 cm³/mol. The molecule has 180 valence electrons. The molecule has 0 spiro atoms. The van der Waals surface area contributed by atoms with Gasteiger partial charge in [0.05, 0.1) is 23.4 Å². The lowest BCUT2D eigenvalue weighted by atomic mass is 9.98. The fourth-order valence-corrected chi connectivity index (χ4v) is 4.99.